The van der Waals surface area contributed by atoms with Crippen molar-refractivity contribution in [3.63, 3.8) is 0 Å². The lowest BCUT2D eigenvalue weighted by atomic mass is 10.0. The maximum Gasteiger partial charge on any atom is 0.313 e. The number of nitrogens with one attached hydrogen (secondary N) is 2. The SMILES string of the molecule is CCCCN1CCC(NC(=O)C(=O)Nc2ccc(C)cc2F)CC1. The van der Waals surface area contributed by atoms with Crippen LogP contribution in [0.5, 0.6) is 0 Å². The molecule has 1 aromatic carbocycles. The van der Waals surface area contributed by atoms with E-state index in [2.05, 4.69) is 22.5 Å². The largest absolute Gasteiger partial charge is 0.345 e. The summed E-state index contributed by atoms with van der Waals surface area (Å²) in [6.45, 7) is 6.87. The van der Waals surface area contributed by atoms with Crippen LogP contribution < -0.4 is 10.6 Å². The number of aryl methyl sites for hydroxylation is 1. The van der Waals surface area contributed by atoms with Crippen LogP contribution in [0.4, 0.5) is 10.1 Å². The summed E-state index contributed by atoms with van der Waals surface area (Å²) in [4.78, 5) is 26.3. The van der Waals surface area contributed by atoms with Crippen LogP contribution in [0.2, 0.25) is 0 Å². The molecule has 0 aromatic heterocycles. The predicted molar refractivity (Wildman–Crippen MR) is 92.3 cm³/mol. The molecule has 0 radical (unpaired) electrons. The van der Waals surface area contributed by atoms with Gasteiger partial charge >= 0.3 is 11.8 Å². The average Bonchev–Trinajstić information content (AvgIpc) is 2.56. The van der Waals surface area contributed by atoms with Gasteiger partial charge in [0.05, 0.1) is 5.69 Å². The predicted octanol–water partition coefficient (Wildman–Crippen LogP) is 2.45. The molecule has 1 fully saturated rings. The molecule has 5 nitrogen and oxygen atoms in total. The van der Waals surface area contributed by atoms with Crippen LogP contribution in [-0.2, 0) is 9.59 Å². The molecule has 0 spiro atoms. The number of likely N-dealkylation sites (tertiary alicyclic amines) is 1. The van der Waals surface area contributed by atoms with E-state index >= 15 is 0 Å². The molecule has 1 heterocycles. The van der Waals surface area contributed by atoms with E-state index in [1.54, 1.807) is 13.0 Å². The third-order valence-electron chi connectivity index (χ3n) is 4.33. The third kappa shape index (κ3) is 5.30. The molecule has 132 valence electrons. The number of halogens is 1. The van der Waals surface area contributed by atoms with Crippen LogP contribution >= 0.6 is 0 Å². The first-order valence-corrected chi connectivity index (χ1v) is 8.60. The average molecular weight is 335 g/mol. The Morgan fingerprint density at radius 2 is 1.96 bits per heavy atom. The lowest BCUT2D eigenvalue weighted by molar-refractivity contribution is -0.136. The number of piperidine rings is 1. The molecule has 6 heteroatoms. The zero-order valence-corrected chi connectivity index (χ0v) is 14.4. The van der Waals surface area contributed by atoms with Crippen LogP contribution in [-0.4, -0.2) is 42.4 Å². The van der Waals surface area contributed by atoms with Crippen LogP contribution in [0.25, 0.3) is 0 Å². The Labute approximate surface area is 142 Å². The van der Waals surface area contributed by atoms with Crippen molar-refractivity contribution in [1.29, 1.82) is 0 Å². The van der Waals surface area contributed by atoms with Crippen molar-refractivity contribution in [3.05, 3.63) is 29.6 Å². The number of hydrogen-bond donors (Lipinski definition) is 2. The summed E-state index contributed by atoms with van der Waals surface area (Å²) in [5.41, 5.74) is 0.778. The van der Waals surface area contributed by atoms with Crippen molar-refractivity contribution in [2.24, 2.45) is 0 Å². The van der Waals surface area contributed by atoms with Crippen LogP contribution in [0, 0.1) is 12.7 Å². The van der Waals surface area contributed by atoms with Gasteiger partial charge in [0.25, 0.3) is 0 Å². The fourth-order valence-electron chi connectivity index (χ4n) is 2.83. The van der Waals surface area contributed by atoms with Crippen molar-refractivity contribution < 1.29 is 14.0 Å². The molecule has 24 heavy (non-hydrogen) atoms. The van der Waals surface area contributed by atoms with E-state index in [0.717, 1.165) is 38.0 Å². The molecule has 2 N–H and O–H groups in total. The fraction of sp³-hybridized carbons (Fsp3) is 0.556. The minimum Gasteiger partial charge on any atom is -0.345 e. The second-order valence-corrected chi connectivity index (χ2v) is 6.38. The summed E-state index contributed by atoms with van der Waals surface area (Å²) >= 11 is 0. The van der Waals surface area contributed by atoms with E-state index in [4.69, 9.17) is 0 Å². The molecular formula is C18H26FN3O2. The zero-order valence-electron chi connectivity index (χ0n) is 14.4. The van der Waals surface area contributed by atoms with Gasteiger partial charge in [-0.1, -0.05) is 19.4 Å². The number of amides is 2. The Bertz CT molecular complexity index is 584. The molecule has 2 amide bonds. The molecule has 0 unspecified atom stereocenters. The molecule has 0 atom stereocenters. The third-order valence-corrected chi connectivity index (χ3v) is 4.33. The molecule has 0 aliphatic carbocycles. The summed E-state index contributed by atoms with van der Waals surface area (Å²) in [7, 11) is 0. The maximum atomic E-state index is 13.7. The molecule has 1 aliphatic heterocycles. The Hall–Kier alpha value is -1.95. The molecule has 1 aliphatic rings. The highest BCUT2D eigenvalue weighted by atomic mass is 19.1. The van der Waals surface area contributed by atoms with Gasteiger partial charge in [-0.05, 0) is 50.4 Å². The lowest BCUT2D eigenvalue weighted by Gasteiger charge is -2.32. The minimum absolute atomic E-state index is 0.00370. The number of rotatable bonds is 5. The number of carbonyl (C=O) groups excluding carboxylic acids is 2. The van der Waals surface area contributed by atoms with Crippen molar-refractivity contribution in [3.8, 4) is 0 Å². The van der Waals surface area contributed by atoms with E-state index in [9.17, 15) is 14.0 Å². The van der Waals surface area contributed by atoms with Crippen LogP contribution in [0.15, 0.2) is 18.2 Å². The van der Waals surface area contributed by atoms with E-state index < -0.39 is 17.6 Å². The number of unbranched alkanes of at least 4 members (excludes halogenated alkanes) is 1. The second kappa shape index (κ2) is 8.78. The molecule has 0 saturated carbocycles. The molecule has 2 rings (SSSR count). The van der Waals surface area contributed by atoms with Gasteiger partial charge in [0.1, 0.15) is 5.82 Å². The number of carbonyl (C=O) groups is 2. The summed E-state index contributed by atoms with van der Waals surface area (Å²) in [6.07, 6.45) is 4.03. The highest BCUT2D eigenvalue weighted by Gasteiger charge is 2.23. The number of hydrogen-bond acceptors (Lipinski definition) is 3. The summed E-state index contributed by atoms with van der Waals surface area (Å²) in [5.74, 6) is -2.08. The topological polar surface area (TPSA) is 61.4 Å². The van der Waals surface area contributed by atoms with Crippen molar-refractivity contribution in [2.75, 3.05) is 25.0 Å². The molecule has 1 saturated heterocycles. The zero-order chi connectivity index (χ0) is 17.5. The summed E-state index contributed by atoms with van der Waals surface area (Å²) < 4.78 is 13.7. The molecule has 1 aromatic rings. The Morgan fingerprint density at radius 3 is 2.58 bits per heavy atom. The highest BCUT2D eigenvalue weighted by molar-refractivity contribution is 6.39. The van der Waals surface area contributed by atoms with Gasteiger partial charge in [-0.3, -0.25) is 9.59 Å². The Balaban J connectivity index is 1.79. The monoisotopic (exact) mass is 335 g/mol. The molecule has 0 bridgehead atoms. The number of nitrogens with zero attached hydrogens (tertiary/aromatic N) is 1. The quantitative estimate of drug-likeness (QED) is 0.813. The highest BCUT2D eigenvalue weighted by Crippen LogP contribution is 2.15. The van der Waals surface area contributed by atoms with Gasteiger partial charge < -0.3 is 15.5 Å². The van der Waals surface area contributed by atoms with Crippen LogP contribution in [0.1, 0.15) is 38.2 Å². The first kappa shape index (κ1) is 18.4. The summed E-state index contributed by atoms with van der Waals surface area (Å²) in [6, 6.07) is 4.47. The van der Waals surface area contributed by atoms with Gasteiger partial charge in [0.15, 0.2) is 0 Å². The standard InChI is InChI=1S/C18H26FN3O2/c1-3-4-9-22-10-7-14(8-11-22)20-17(23)18(24)21-16-6-5-13(2)12-15(16)19/h5-6,12,14H,3-4,7-11H2,1-2H3,(H,20,23)(H,21,24). The normalized spacial score (nSPS) is 16.0. The van der Waals surface area contributed by atoms with E-state index in [-0.39, 0.29) is 11.7 Å². The van der Waals surface area contributed by atoms with Crippen molar-refractivity contribution in [2.45, 2.75) is 45.6 Å². The number of anilines is 1. The Kier molecular flexibility index (Phi) is 6.73. The lowest BCUT2D eigenvalue weighted by Crippen LogP contribution is -2.47. The minimum atomic E-state index is -0.828. The fourth-order valence-corrected chi connectivity index (χ4v) is 2.83. The molecular weight excluding hydrogens is 309 g/mol. The first-order chi connectivity index (χ1) is 11.5. The first-order valence-electron chi connectivity index (χ1n) is 8.60. The smallest absolute Gasteiger partial charge is 0.313 e. The van der Waals surface area contributed by atoms with Crippen LogP contribution in [0.3, 0.4) is 0 Å². The Morgan fingerprint density at radius 1 is 1.25 bits per heavy atom. The van der Waals surface area contributed by atoms with Gasteiger partial charge in [-0.25, -0.2) is 4.39 Å². The van der Waals surface area contributed by atoms with E-state index in [1.807, 2.05) is 0 Å². The second-order valence-electron chi connectivity index (χ2n) is 6.38. The van der Waals surface area contributed by atoms with Crippen molar-refractivity contribution >= 4 is 17.5 Å². The van der Waals surface area contributed by atoms with E-state index in [1.165, 1.54) is 25.0 Å². The number of benzene rings is 1. The van der Waals surface area contributed by atoms with Gasteiger partial charge in [0.2, 0.25) is 0 Å². The van der Waals surface area contributed by atoms with Crippen molar-refractivity contribution in [1.82, 2.24) is 10.2 Å². The van der Waals surface area contributed by atoms with Gasteiger partial charge in [-0.15, -0.1) is 0 Å². The van der Waals surface area contributed by atoms with E-state index in [0.29, 0.717) is 0 Å². The van der Waals surface area contributed by atoms with Gasteiger partial charge in [-0.2, -0.15) is 0 Å². The maximum absolute atomic E-state index is 13.7. The summed E-state index contributed by atoms with van der Waals surface area (Å²) in [5, 5.41) is 5.07. The van der Waals surface area contributed by atoms with Gasteiger partial charge in [0, 0.05) is 19.1 Å².